The Kier molecular flexibility index (Phi) is 10.8. The first-order chi connectivity index (χ1) is 30.2. The number of aliphatic hydroxyl groups is 2. The van der Waals surface area contributed by atoms with E-state index in [2.05, 4.69) is 39.9 Å². The molecule has 0 radical (unpaired) electrons. The summed E-state index contributed by atoms with van der Waals surface area (Å²) in [4.78, 5) is 67.6. The number of piperidine rings is 1. The molecule has 15 heteroatoms. The number of thioether (sulfide) groups is 1. The molecule has 1 amide bonds. The van der Waals surface area contributed by atoms with Gasteiger partial charge >= 0.3 is 17.9 Å². The van der Waals surface area contributed by atoms with E-state index in [1.54, 1.807) is 17.8 Å². The highest BCUT2D eigenvalue weighted by Crippen LogP contribution is 2.69. The van der Waals surface area contributed by atoms with E-state index in [1.165, 1.54) is 33.2 Å². The number of hydrogen-bond acceptors (Lipinski definition) is 13. The van der Waals surface area contributed by atoms with Crippen LogP contribution < -0.4 is 9.64 Å². The normalized spacial score (nSPS) is 35.0. The largest absolute Gasteiger partial charge is 0.496 e. The number of amides is 1. The second-order valence-corrected chi connectivity index (χ2v) is 20.1. The van der Waals surface area contributed by atoms with Gasteiger partial charge in [0.25, 0.3) is 0 Å². The van der Waals surface area contributed by atoms with Crippen LogP contribution in [-0.2, 0) is 50.6 Å². The molecule has 1 saturated carbocycles. The molecule has 2 aromatic carbocycles. The van der Waals surface area contributed by atoms with Gasteiger partial charge in [-0.15, -0.1) is 11.8 Å². The summed E-state index contributed by atoms with van der Waals surface area (Å²) in [5.74, 6) is -1.16. The van der Waals surface area contributed by atoms with Crippen molar-refractivity contribution in [3.05, 3.63) is 65.0 Å². The van der Waals surface area contributed by atoms with Crippen LogP contribution in [0.4, 0.5) is 5.69 Å². The van der Waals surface area contributed by atoms with E-state index in [0.717, 1.165) is 27.1 Å². The molecule has 9 rings (SSSR count). The van der Waals surface area contributed by atoms with Crippen molar-refractivity contribution in [1.29, 1.82) is 0 Å². The maximum absolute atomic E-state index is 15.5. The van der Waals surface area contributed by atoms with Gasteiger partial charge in [-0.3, -0.25) is 19.3 Å². The van der Waals surface area contributed by atoms with Crippen molar-refractivity contribution in [1.82, 2.24) is 14.8 Å². The summed E-state index contributed by atoms with van der Waals surface area (Å²) in [7, 11) is 4.12. The summed E-state index contributed by atoms with van der Waals surface area (Å²) in [6, 6.07) is 8.33. The van der Waals surface area contributed by atoms with Crippen LogP contribution >= 0.6 is 11.8 Å². The summed E-state index contributed by atoms with van der Waals surface area (Å²) in [5, 5.41) is 26.4. The molecule has 2 bridgehead atoms. The fourth-order valence-electron chi connectivity index (χ4n) is 13.7. The predicted octanol–water partition coefficient (Wildman–Crippen LogP) is 4.98. The number of esters is 3. The third-order valence-corrected chi connectivity index (χ3v) is 16.8. The number of benzene rings is 2. The molecular formula is C48H60N4O10S. The molecule has 3 aromatic rings. The molecule has 63 heavy (non-hydrogen) atoms. The maximum atomic E-state index is 15.5. The number of H-pyrrole nitrogens is 1. The molecule has 3 N–H and O–H groups in total. The topological polar surface area (TPSA) is 171 Å². The number of fused-ring (bicyclic) bond motifs is 6. The number of carbonyl (C=O) groups is 4. The first-order valence-corrected chi connectivity index (χ1v) is 23.4. The number of aromatic amines is 1. The molecule has 5 aliphatic heterocycles. The number of carbonyl (C=O) groups excluding carboxylic acids is 4. The van der Waals surface area contributed by atoms with Gasteiger partial charge in [-0.25, -0.2) is 4.79 Å². The van der Waals surface area contributed by atoms with E-state index in [4.69, 9.17) is 18.9 Å². The zero-order chi connectivity index (χ0) is 44.9. The molecule has 1 spiro atoms. The second-order valence-electron chi connectivity index (χ2n) is 18.8. The van der Waals surface area contributed by atoms with Crippen molar-refractivity contribution >= 4 is 52.7 Å². The molecule has 10 atom stereocenters. The number of anilines is 1. The van der Waals surface area contributed by atoms with Gasteiger partial charge in [0.15, 0.2) is 6.10 Å². The molecule has 14 nitrogen and oxygen atoms in total. The van der Waals surface area contributed by atoms with Gasteiger partial charge in [0.2, 0.25) is 12.0 Å². The van der Waals surface area contributed by atoms with Gasteiger partial charge < -0.3 is 43.9 Å². The van der Waals surface area contributed by atoms with Gasteiger partial charge in [0.1, 0.15) is 11.2 Å². The number of aromatic nitrogens is 1. The maximum Gasteiger partial charge on any atom is 0.344 e. The van der Waals surface area contributed by atoms with Gasteiger partial charge in [-0.2, -0.15) is 0 Å². The van der Waals surface area contributed by atoms with E-state index in [-0.39, 0.29) is 12.3 Å². The lowest BCUT2D eigenvalue weighted by atomic mass is 9.47. The smallest absolute Gasteiger partial charge is 0.344 e. The van der Waals surface area contributed by atoms with Crippen molar-refractivity contribution in [2.45, 2.75) is 118 Å². The molecule has 6 heterocycles. The summed E-state index contributed by atoms with van der Waals surface area (Å²) < 4.78 is 23.9. The van der Waals surface area contributed by atoms with Crippen LogP contribution in [0.2, 0.25) is 0 Å². The Bertz CT molecular complexity index is 2400. The molecule has 1 unspecified atom stereocenters. The number of nitrogens with one attached hydrogen (secondary N) is 1. The van der Waals surface area contributed by atoms with Crippen LogP contribution in [0, 0.1) is 11.3 Å². The predicted molar refractivity (Wildman–Crippen MR) is 237 cm³/mol. The van der Waals surface area contributed by atoms with Crippen molar-refractivity contribution < 1.29 is 48.3 Å². The van der Waals surface area contributed by atoms with E-state index in [1.807, 2.05) is 32.2 Å². The minimum atomic E-state index is -2.52. The monoisotopic (exact) mass is 884 g/mol. The van der Waals surface area contributed by atoms with Gasteiger partial charge in [0.05, 0.1) is 38.7 Å². The Hall–Kier alpha value is -4.57. The van der Waals surface area contributed by atoms with Crippen molar-refractivity contribution in [2.75, 3.05) is 58.2 Å². The molecule has 6 aliphatic rings. The Balaban J connectivity index is 1.38. The molecular weight excluding hydrogens is 825 g/mol. The highest BCUT2D eigenvalue weighted by Gasteiger charge is 2.81. The summed E-state index contributed by atoms with van der Waals surface area (Å²) in [6.07, 6.45) is 6.31. The molecule has 1 aliphatic carbocycles. The quantitative estimate of drug-likeness (QED) is 0.108. The highest BCUT2D eigenvalue weighted by atomic mass is 32.2. The molecule has 1 aromatic heterocycles. The fourth-order valence-corrected chi connectivity index (χ4v) is 14.4. The van der Waals surface area contributed by atoms with Gasteiger partial charge in [-0.1, -0.05) is 26.8 Å². The summed E-state index contributed by atoms with van der Waals surface area (Å²) in [5.41, 5.74) is -3.05. The Labute approximate surface area is 372 Å². The first-order valence-electron chi connectivity index (χ1n) is 22.4. The molecule has 338 valence electrons. The summed E-state index contributed by atoms with van der Waals surface area (Å²) >= 11 is 1.75. The van der Waals surface area contributed by atoms with Crippen molar-refractivity contribution in [2.24, 2.45) is 11.3 Å². The third kappa shape index (κ3) is 5.93. The van der Waals surface area contributed by atoms with Crippen LogP contribution in [0.1, 0.15) is 88.6 Å². The average Bonchev–Trinajstić information content (AvgIpc) is 3.95. The third-order valence-electron chi connectivity index (χ3n) is 16.0. The standard InChI is InChI=1S/C48H60N4O10S/c1-8-44(57)23-29-24-47(42(55)60-6,38-31(14-18-50(25-29)26-44)32-20-30(63-10-3)12-13-35(32)49-38)34-21-33-36(22-37(34)59-5)52(27-53)40-46(33)16-19-51-17-11-15-45(9-2,39(46)51)41(62-28(4)54)48(40,58)43(56)61-7/h11-13,17,20-22,27,29,39-41,49,57-58H,8-10,14-16,18-19,23-26H2,1-7H3/t29-,39+,40-,41-,44+,45-,46-,47+,48+/m1/s1. The van der Waals surface area contributed by atoms with E-state index < -0.39 is 63.5 Å². The van der Waals surface area contributed by atoms with Crippen molar-refractivity contribution in [3.8, 4) is 5.75 Å². The first kappa shape index (κ1) is 43.7. The van der Waals surface area contributed by atoms with Crippen LogP contribution in [0.5, 0.6) is 5.75 Å². The van der Waals surface area contributed by atoms with Crippen LogP contribution in [0.15, 0.2) is 47.5 Å². The van der Waals surface area contributed by atoms with Gasteiger partial charge in [0, 0.05) is 83.1 Å². The number of nitrogens with zero attached hydrogens (tertiary/aromatic N) is 3. The minimum Gasteiger partial charge on any atom is -0.496 e. The highest BCUT2D eigenvalue weighted by molar-refractivity contribution is 7.99. The van der Waals surface area contributed by atoms with Crippen molar-refractivity contribution in [3.63, 3.8) is 0 Å². The fraction of sp³-hybridized carbons (Fsp3) is 0.583. The molecule has 2 saturated heterocycles. The van der Waals surface area contributed by atoms with E-state index in [9.17, 15) is 24.6 Å². The lowest BCUT2D eigenvalue weighted by Crippen LogP contribution is -2.81. The zero-order valence-corrected chi connectivity index (χ0v) is 38.1. The average molecular weight is 885 g/mol. The lowest BCUT2D eigenvalue weighted by Gasteiger charge is -2.63. The second kappa shape index (κ2) is 15.6. The number of ether oxygens (including phenoxy) is 4. The minimum absolute atomic E-state index is 0.163. The van der Waals surface area contributed by atoms with E-state index >= 15 is 4.79 Å². The molecule has 3 fully saturated rings. The Morgan fingerprint density at radius 3 is 2.41 bits per heavy atom. The van der Waals surface area contributed by atoms with Crippen LogP contribution in [0.25, 0.3) is 10.9 Å². The van der Waals surface area contributed by atoms with Gasteiger partial charge in [-0.05, 0) is 98.2 Å². The van der Waals surface area contributed by atoms with Crippen LogP contribution in [0.3, 0.4) is 0 Å². The number of hydrogen-bond donors (Lipinski definition) is 3. The Morgan fingerprint density at radius 2 is 1.75 bits per heavy atom. The SMILES string of the molecule is CCSc1ccc2[nH]c3c(c2c1)CCN1C[C@H](C[C@@](O)(CC)C1)C[C@]3(C(=O)OC)c1cc2c(cc1OC)N(C=O)[C@H]1[C@@](O)(C(=O)OC)[C@H](OC(C)=O)[C@]3(CC)CC=CN4CC[C@]21[C@@H]43. The van der Waals surface area contributed by atoms with E-state index in [0.29, 0.717) is 99.4 Å². The lowest BCUT2D eigenvalue weighted by molar-refractivity contribution is -0.235. The number of methoxy groups -OCH3 is 3. The zero-order valence-electron chi connectivity index (χ0n) is 37.3. The number of rotatable bonds is 10. The van der Waals surface area contributed by atoms with Crippen LogP contribution in [-0.4, -0.2) is 132 Å². The Morgan fingerprint density at radius 1 is 0.968 bits per heavy atom. The number of allylic oxidation sites excluding steroid dienone is 1. The summed E-state index contributed by atoms with van der Waals surface area (Å²) in [6.45, 7) is 9.71.